The quantitative estimate of drug-likeness (QED) is 0.552. The van der Waals surface area contributed by atoms with Crippen LogP contribution in [0.4, 0.5) is 11.6 Å². The van der Waals surface area contributed by atoms with Crippen molar-refractivity contribution >= 4 is 23.5 Å². The number of hydrogen-bond donors (Lipinski definition) is 3. The lowest BCUT2D eigenvalue weighted by Gasteiger charge is -2.21. The van der Waals surface area contributed by atoms with Crippen molar-refractivity contribution in [3.8, 4) is 5.75 Å². The topological polar surface area (TPSA) is 105 Å². The molecule has 1 aliphatic heterocycles. The fourth-order valence-corrected chi connectivity index (χ4v) is 3.54. The number of carbonyl (C=O) groups is 2. The summed E-state index contributed by atoms with van der Waals surface area (Å²) >= 11 is 0. The van der Waals surface area contributed by atoms with Gasteiger partial charge in [0.15, 0.2) is 6.61 Å². The van der Waals surface area contributed by atoms with Gasteiger partial charge < -0.3 is 20.7 Å². The highest BCUT2D eigenvalue weighted by atomic mass is 16.5. The van der Waals surface area contributed by atoms with Gasteiger partial charge in [0.25, 0.3) is 11.8 Å². The molecule has 1 aliphatic rings. The third-order valence-electron chi connectivity index (χ3n) is 5.11. The van der Waals surface area contributed by atoms with Gasteiger partial charge in [-0.15, -0.1) is 0 Å². The second-order valence-corrected chi connectivity index (χ2v) is 7.82. The van der Waals surface area contributed by atoms with Gasteiger partial charge >= 0.3 is 0 Å². The van der Waals surface area contributed by atoms with E-state index in [9.17, 15) is 9.59 Å². The molecule has 0 bridgehead atoms. The Bertz CT molecular complexity index is 1160. The molecule has 164 valence electrons. The van der Waals surface area contributed by atoms with Crippen LogP contribution in [-0.4, -0.2) is 28.4 Å². The third-order valence-corrected chi connectivity index (χ3v) is 5.11. The van der Waals surface area contributed by atoms with Crippen LogP contribution in [0.15, 0.2) is 48.5 Å². The van der Waals surface area contributed by atoms with Gasteiger partial charge in [0.2, 0.25) is 5.95 Å². The summed E-state index contributed by atoms with van der Waals surface area (Å²) in [4.78, 5) is 33.2. The van der Waals surface area contributed by atoms with Crippen molar-refractivity contribution in [2.75, 3.05) is 17.2 Å². The number of anilines is 2. The number of benzene rings is 2. The maximum Gasteiger partial charge on any atom is 0.262 e. The Hall–Kier alpha value is -3.94. The number of nitrogens with one attached hydrogen (secondary N) is 3. The Labute approximate surface area is 186 Å². The molecule has 2 heterocycles. The molecule has 0 spiro atoms. The second kappa shape index (κ2) is 9.05. The van der Waals surface area contributed by atoms with Gasteiger partial charge in [-0.1, -0.05) is 18.2 Å². The van der Waals surface area contributed by atoms with E-state index in [0.29, 0.717) is 29.5 Å². The van der Waals surface area contributed by atoms with Crippen molar-refractivity contribution < 1.29 is 14.3 Å². The van der Waals surface area contributed by atoms with Crippen LogP contribution in [-0.2, 0) is 11.3 Å². The molecule has 1 aromatic heterocycles. The first kappa shape index (κ1) is 21.3. The fraction of sp³-hybridized carbons (Fsp3) is 0.250. The van der Waals surface area contributed by atoms with Crippen LogP contribution >= 0.6 is 0 Å². The van der Waals surface area contributed by atoms with E-state index >= 15 is 0 Å². The molecule has 32 heavy (non-hydrogen) atoms. The van der Waals surface area contributed by atoms with Gasteiger partial charge in [0.1, 0.15) is 5.75 Å². The van der Waals surface area contributed by atoms with Crippen LogP contribution in [0, 0.1) is 13.8 Å². The van der Waals surface area contributed by atoms with E-state index in [1.165, 1.54) is 0 Å². The molecule has 2 aromatic carbocycles. The predicted octanol–water partition coefficient (Wildman–Crippen LogP) is 3.53. The summed E-state index contributed by atoms with van der Waals surface area (Å²) in [7, 11) is 0. The first-order chi connectivity index (χ1) is 15.4. The SMILES string of the molecule is Cc1cc(C)nc(NCc2cccc(C(=O)N[C@H](C)c3ccc4c(c3)NC(=O)CO4)c2)n1. The van der Waals surface area contributed by atoms with Gasteiger partial charge in [-0.2, -0.15) is 0 Å². The molecule has 0 aliphatic carbocycles. The smallest absolute Gasteiger partial charge is 0.262 e. The molecule has 1 atom stereocenters. The number of amides is 2. The Kier molecular flexibility index (Phi) is 6.02. The molecule has 8 nitrogen and oxygen atoms in total. The van der Waals surface area contributed by atoms with E-state index < -0.39 is 0 Å². The normalized spacial score (nSPS) is 13.4. The Morgan fingerprint density at radius 3 is 2.69 bits per heavy atom. The molecule has 0 fully saturated rings. The molecule has 0 saturated carbocycles. The van der Waals surface area contributed by atoms with E-state index in [4.69, 9.17) is 4.74 Å². The Balaban J connectivity index is 1.41. The minimum atomic E-state index is -0.253. The molecule has 8 heteroatoms. The van der Waals surface area contributed by atoms with E-state index in [1.54, 1.807) is 12.1 Å². The number of carbonyl (C=O) groups excluding carboxylic acids is 2. The van der Waals surface area contributed by atoms with Crippen LogP contribution < -0.4 is 20.7 Å². The monoisotopic (exact) mass is 431 g/mol. The summed E-state index contributed by atoms with van der Waals surface area (Å²) in [5.41, 5.74) is 4.79. The van der Waals surface area contributed by atoms with E-state index in [2.05, 4.69) is 25.9 Å². The first-order valence-electron chi connectivity index (χ1n) is 10.4. The molecule has 2 amide bonds. The molecular formula is C24H25N5O3. The number of aromatic nitrogens is 2. The molecule has 0 saturated heterocycles. The van der Waals surface area contributed by atoms with Crippen molar-refractivity contribution in [1.82, 2.24) is 15.3 Å². The summed E-state index contributed by atoms with van der Waals surface area (Å²) in [6.07, 6.45) is 0. The minimum absolute atomic E-state index is 0.0133. The number of fused-ring (bicyclic) bond motifs is 1. The summed E-state index contributed by atoms with van der Waals surface area (Å²) in [6.45, 7) is 6.27. The van der Waals surface area contributed by atoms with Crippen LogP contribution in [0.2, 0.25) is 0 Å². The highest BCUT2D eigenvalue weighted by Gasteiger charge is 2.18. The largest absolute Gasteiger partial charge is 0.482 e. The third kappa shape index (κ3) is 5.03. The van der Waals surface area contributed by atoms with Crippen molar-refractivity contribution in [2.45, 2.75) is 33.4 Å². The highest BCUT2D eigenvalue weighted by Crippen LogP contribution is 2.30. The van der Waals surface area contributed by atoms with Crippen LogP contribution in [0.3, 0.4) is 0 Å². The van der Waals surface area contributed by atoms with Crippen molar-refractivity contribution in [3.05, 3.63) is 76.6 Å². The van der Waals surface area contributed by atoms with Gasteiger partial charge in [-0.05, 0) is 62.2 Å². The molecule has 0 radical (unpaired) electrons. The lowest BCUT2D eigenvalue weighted by molar-refractivity contribution is -0.118. The molecular weight excluding hydrogens is 406 g/mol. The predicted molar refractivity (Wildman–Crippen MR) is 122 cm³/mol. The average molecular weight is 431 g/mol. The van der Waals surface area contributed by atoms with Gasteiger partial charge in [-0.25, -0.2) is 9.97 Å². The molecule has 0 unspecified atom stereocenters. The van der Waals surface area contributed by atoms with Gasteiger partial charge in [-0.3, -0.25) is 9.59 Å². The molecule has 3 aromatic rings. The summed E-state index contributed by atoms with van der Waals surface area (Å²) < 4.78 is 5.39. The first-order valence-corrected chi connectivity index (χ1v) is 10.4. The fourth-order valence-electron chi connectivity index (χ4n) is 3.54. The Morgan fingerprint density at radius 1 is 1.12 bits per heavy atom. The number of hydrogen-bond acceptors (Lipinski definition) is 6. The summed E-state index contributed by atoms with van der Waals surface area (Å²) in [6, 6.07) is 14.6. The standard InChI is InChI=1S/C24H25N5O3/c1-14-9-15(2)27-24(26-14)25-12-17-5-4-6-19(10-17)23(31)28-16(3)18-7-8-21-20(11-18)29-22(30)13-32-21/h4-11,16H,12-13H2,1-3H3,(H,28,31)(H,29,30)(H,25,26,27)/t16-/m1/s1. The van der Waals surface area contributed by atoms with Crippen LogP contribution in [0.25, 0.3) is 0 Å². The summed E-state index contributed by atoms with van der Waals surface area (Å²) in [5.74, 6) is 0.817. The zero-order chi connectivity index (χ0) is 22.7. The van der Waals surface area contributed by atoms with Crippen molar-refractivity contribution in [1.29, 1.82) is 0 Å². The summed E-state index contributed by atoms with van der Waals surface area (Å²) in [5, 5.41) is 9.00. The molecule has 4 rings (SSSR count). The number of ether oxygens (including phenoxy) is 1. The minimum Gasteiger partial charge on any atom is -0.482 e. The van der Waals surface area contributed by atoms with Crippen molar-refractivity contribution in [3.63, 3.8) is 0 Å². The highest BCUT2D eigenvalue weighted by molar-refractivity contribution is 5.96. The van der Waals surface area contributed by atoms with Crippen LogP contribution in [0.5, 0.6) is 5.75 Å². The number of nitrogens with zero attached hydrogens (tertiary/aromatic N) is 2. The Morgan fingerprint density at radius 2 is 1.91 bits per heavy atom. The lowest BCUT2D eigenvalue weighted by Crippen LogP contribution is -2.28. The van der Waals surface area contributed by atoms with Crippen molar-refractivity contribution in [2.24, 2.45) is 0 Å². The van der Waals surface area contributed by atoms with Gasteiger partial charge in [0.05, 0.1) is 11.7 Å². The van der Waals surface area contributed by atoms with E-state index in [0.717, 1.165) is 22.5 Å². The maximum atomic E-state index is 12.8. The maximum absolute atomic E-state index is 12.8. The average Bonchev–Trinajstić information content (AvgIpc) is 2.76. The van der Waals surface area contributed by atoms with E-state index in [1.807, 2.05) is 57.2 Å². The number of aryl methyl sites for hydroxylation is 2. The molecule has 3 N–H and O–H groups in total. The van der Waals surface area contributed by atoms with Gasteiger partial charge in [0, 0.05) is 23.5 Å². The van der Waals surface area contributed by atoms with Crippen LogP contribution in [0.1, 0.15) is 45.8 Å². The lowest BCUT2D eigenvalue weighted by atomic mass is 10.1. The second-order valence-electron chi connectivity index (χ2n) is 7.82. The zero-order valence-electron chi connectivity index (χ0n) is 18.2. The van der Waals surface area contributed by atoms with E-state index in [-0.39, 0.29) is 24.5 Å². The number of rotatable bonds is 6. The zero-order valence-corrected chi connectivity index (χ0v) is 18.2.